The van der Waals surface area contributed by atoms with Crippen LogP contribution in [0.1, 0.15) is 43.6 Å². The highest BCUT2D eigenvalue weighted by molar-refractivity contribution is 6.32. The van der Waals surface area contributed by atoms with Gasteiger partial charge in [0, 0.05) is 18.7 Å². The van der Waals surface area contributed by atoms with E-state index in [1.165, 1.54) is 5.56 Å². The lowest BCUT2D eigenvalue weighted by Gasteiger charge is -2.22. The Morgan fingerprint density at radius 3 is 2.55 bits per heavy atom. The highest BCUT2D eigenvalue weighted by atomic mass is 35.5. The zero-order valence-electron chi connectivity index (χ0n) is 18.2. The summed E-state index contributed by atoms with van der Waals surface area (Å²) in [4.78, 5) is 15.3. The highest BCUT2D eigenvalue weighted by Gasteiger charge is 2.23. The van der Waals surface area contributed by atoms with Gasteiger partial charge in [0.1, 0.15) is 17.4 Å². The first-order valence-electron chi connectivity index (χ1n) is 9.93. The molecule has 0 bridgehead atoms. The van der Waals surface area contributed by atoms with Crippen LogP contribution in [0, 0.1) is 18.4 Å². The van der Waals surface area contributed by atoms with Crippen molar-refractivity contribution in [3.8, 4) is 6.19 Å². The van der Waals surface area contributed by atoms with Crippen LogP contribution in [0.15, 0.2) is 23.2 Å². The largest absolute Gasteiger partial charge is 0.350 e. The standard InChI is InChI=1S/C21H24Cl2N8/c1-6-31(21(25-11-24)27-14-8-17(22)28-18(23)9-14)10-15-7-16(12(2)3)19-13(4)29-30(5)20(19)26-15/h7-9,12H,6,10H2,1-5H3,(H,25,27,28)/p+1. The Balaban J connectivity index is 2.03. The topological polar surface area (TPSA) is 96.9 Å². The van der Waals surface area contributed by atoms with Gasteiger partial charge in [0.15, 0.2) is 11.9 Å². The summed E-state index contributed by atoms with van der Waals surface area (Å²) in [6.07, 6.45) is 1.96. The third kappa shape index (κ3) is 5.06. The molecule has 8 nitrogen and oxygen atoms in total. The molecule has 0 aliphatic heterocycles. The number of rotatable bonds is 5. The van der Waals surface area contributed by atoms with Gasteiger partial charge >= 0.3 is 5.65 Å². The van der Waals surface area contributed by atoms with Crippen molar-refractivity contribution < 1.29 is 4.68 Å². The first kappa shape index (κ1) is 22.8. The molecule has 2 N–H and O–H groups in total. The lowest BCUT2D eigenvalue weighted by molar-refractivity contribution is -0.705. The monoisotopic (exact) mass is 459 g/mol. The van der Waals surface area contributed by atoms with Crippen molar-refractivity contribution in [3.63, 3.8) is 0 Å². The molecule has 3 rings (SSSR count). The molecule has 0 saturated heterocycles. The zero-order chi connectivity index (χ0) is 22.7. The maximum atomic E-state index is 9.28. The average Bonchev–Trinajstić information content (AvgIpc) is 2.98. The van der Waals surface area contributed by atoms with Crippen LogP contribution in [0.5, 0.6) is 0 Å². The fraction of sp³-hybridized carbons (Fsp3) is 0.381. The maximum Gasteiger partial charge on any atom is 0.350 e. The zero-order valence-corrected chi connectivity index (χ0v) is 19.7. The molecule has 0 fully saturated rings. The summed E-state index contributed by atoms with van der Waals surface area (Å²) in [5.41, 5.74) is 4.59. The van der Waals surface area contributed by atoms with E-state index in [0.717, 1.165) is 22.4 Å². The molecule has 0 aliphatic rings. The fourth-order valence-corrected chi connectivity index (χ4v) is 3.98. The number of fused-ring (bicyclic) bond motifs is 1. The first-order valence-corrected chi connectivity index (χ1v) is 10.7. The molecule has 162 valence electrons. The quantitative estimate of drug-likeness (QED) is 0.149. The lowest BCUT2D eigenvalue weighted by atomic mass is 9.99. The first-order chi connectivity index (χ1) is 14.7. The minimum absolute atomic E-state index is 0.231. The van der Waals surface area contributed by atoms with Gasteiger partial charge in [0.2, 0.25) is 5.96 Å². The van der Waals surface area contributed by atoms with E-state index in [4.69, 9.17) is 28.2 Å². The number of aromatic amines is 1. The van der Waals surface area contributed by atoms with Gasteiger partial charge < -0.3 is 4.90 Å². The summed E-state index contributed by atoms with van der Waals surface area (Å²) in [6.45, 7) is 9.46. The summed E-state index contributed by atoms with van der Waals surface area (Å²) >= 11 is 12.0. The van der Waals surface area contributed by atoms with Crippen molar-refractivity contribution in [2.75, 3.05) is 6.54 Å². The number of pyridine rings is 2. The molecule has 0 saturated carbocycles. The number of hydrogen-bond donors (Lipinski definition) is 2. The molecule has 10 heteroatoms. The Labute approximate surface area is 191 Å². The van der Waals surface area contributed by atoms with E-state index in [1.807, 2.05) is 29.7 Å². The number of nitriles is 1. The minimum atomic E-state index is 0.231. The van der Waals surface area contributed by atoms with Crippen LogP contribution in [0.3, 0.4) is 0 Å². The van der Waals surface area contributed by atoms with Crippen LogP contribution < -0.4 is 10.00 Å². The second-order valence-electron chi connectivity index (χ2n) is 7.51. The normalized spacial score (nSPS) is 11.8. The molecule has 0 radical (unpaired) electrons. The molecule has 3 aromatic rings. The number of H-pyrrole nitrogens is 1. The number of halogens is 2. The molecule has 0 spiro atoms. The molecule has 31 heavy (non-hydrogen) atoms. The molecular formula is C21H25Cl2N8+. The minimum Gasteiger partial charge on any atom is -0.334 e. The number of hydrogen-bond acceptors (Lipinski definition) is 4. The van der Waals surface area contributed by atoms with Crippen LogP contribution in [0.4, 0.5) is 5.69 Å². The number of aliphatic imine (C=N–C) groups is 1. The fourth-order valence-electron chi connectivity index (χ4n) is 3.53. The number of guanidine groups is 1. The summed E-state index contributed by atoms with van der Waals surface area (Å²) in [7, 11) is 1.95. The second-order valence-corrected chi connectivity index (χ2v) is 8.28. The lowest BCUT2D eigenvalue weighted by Crippen LogP contribution is -2.39. The van der Waals surface area contributed by atoms with Gasteiger partial charge in [-0.1, -0.05) is 37.0 Å². The van der Waals surface area contributed by atoms with Crippen LogP contribution in [-0.2, 0) is 13.6 Å². The SMILES string of the molecule is CCN(Cc1cc(C(C)C)c2c(C)[nH][n+](C)c2n1)C(=Nc1cc(Cl)nc(Cl)c1)NC#N. The predicted octanol–water partition coefficient (Wildman–Crippen LogP) is 4.10. The molecule has 0 amide bonds. The van der Waals surface area contributed by atoms with E-state index in [9.17, 15) is 5.26 Å². The third-order valence-electron chi connectivity index (χ3n) is 4.92. The summed E-state index contributed by atoms with van der Waals surface area (Å²) < 4.78 is 1.93. The van der Waals surface area contributed by atoms with E-state index in [0.29, 0.717) is 30.7 Å². The van der Waals surface area contributed by atoms with Gasteiger partial charge in [-0.15, -0.1) is 0 Å². The van der Waals surface area contributed by atoms with Crippen molar-refractivity contribution >= 4 is 45.9 Å². The molecule has 0 unspecified atom stereocenters. The van der Waals surface area contributed by atoms with Crippen molar-refractivity contribution in [2.45, 2.75) is 40.2 Å². The molecule has 3 heterocycles. The number of nitrogens with zero attached hydrogens (tertiary/aromatic N) is 6. The average molecular weight is 460 g/mol. The number of aromatic nitrogens is 4. The predicted molar refractivity (Wildman–Crippen MR) is 122 cm³/mol. The summed E-state index contributed by atoms with van der Waals surface area (Å²) in [6, 6.07) is 5.30. The molecule has 0 aromatic carbocycles. The van der Waals surface area contributed by atoms with Crippen molar-refractivity contribution in [1.82, 2.24) is 25.3 Å². The second kappa shape index (κ2) is 9.50. The smallest absolute Gasteiger partial charge is 0.334 e. The van der Waals surface area contributed by atoms with Gasteiger partial charge in [0.05, 0.1) is 23.3 Å². The van der Waals surface area contributed by atoms with E-state index in [1.54, 1.807) is 12.1 Å². The Bertz CT molecular complexity index is 1160. The van der Waals surface area contributed by atoms with Crippen molar-refractivity contribution in [1.29, 1.82) is 5.26 Å². The Kier molecular flexibility index (Phi) is 6.98. The Morgan fingerprint density at radius 2 is 1.97 bits per heavy atom. The van der Waals surface area contributed by atoms with Crippen molar-refractivity contribution in [2.24, 2.45) is 12.0 Å². The van der Waals surface area contributed by atoms with Gasteiger partial charge in [-0.25, -0.2) is 15.1 Å². The van der Waals surface area contributed by atoms with Crippen LogP contribution in [0.2, 0.25) is 10.3 Å². The Morgan fingerprint density at radius 1 is 1.29 bits per heavy atom. The summed E-state index contributed by atoms with van der Waals surface area (Å²) in [5.74, 6) is 0.714. The van der Waals surface area contributed by atoms with Crippen LogP contribution >= 0.6 is 23.2 Å². The van der Waals surface area contributed by atoms with E-state index >= 15 is 0 Å². The van der Waals surface area contributed by atoms with E-state index in [-0.39, 0.29) is 10.3 Å². The van der Waals surface area contributed by atoms with Crippen molar-refractivity contribution in [3.05, 3.63) is 45.5 Å². The van der Waals surface area contributed by atoms with Gasteiger partial charge in [0.25, 0.3) is 0 Å². The van der Waals surface area contributed by atoms with Crippen LogP contribution in [0.25, 0.3) is 11.0 Å². The number of aryl methyl sites for hydroxylation is 2. The van der Waals surface area contributed by atoms with E-state index < -0.39 is 0 Å². The van der Waals surface area contributed by atoms with Gasteiger partial charge in [-0.05, 0) is 36.4 Å². The molecule has 0 atom stereocenters. The maximum absolute atomic E-state index is 9.28. The highest BCUT2D eigenvalue weighted by Crippen LogP contribution is 2.27. The van der Waals surface area contributed by atoms with Crippen LogP contribution in [-0.4, -0.2) is 32.5 Å². The van der Waals surface area contributed by atoms with Gasteiger partial charge in [-0.2, -0.15) is 9.94 Å². The number of nitrogens with one attached hydrogen (secondary N) is 2. The summed E-state index contributed by atoms with van der Waals surface area (Å²) in [5, 5.41) is 16.9. The van der Waals surface area contributed by atoms with Gasteiger partial charge in [-0.3, -0.25) is 5.32 Å². The molecule has 0 aliphatic carbocycles. The molecule has 3 aromatic heterocycles. The molecular weight excluding hydrogens is 435 g/mol. The Hall–Kier alpha value is -2.89. The third-order valence-corrected chi connectivity index (χ3v) is 5.31. The van der Waals surface area contributed by atoms with E-state index in [2.05, 4.69) is 47.2 Å².